The molecule has 1 nitrogen and oxygen atoms in total. The molecule has 0 N–H and O–H groups in total. The average molecular weight is 780 g/mol. The van der Waals surface area contributed by atoms with Crippen molar-refractivity contribution in [2.45, 2.75) is 0 Å². The van der Waals surface area contributed by atoms with E-state index in [0.717, 1.165) is 17.1 Å². The second-order valence-electron chi connectivity index (χ2n) is 15.6. The number of thiophene rings is 1. The van der Waals surface area contributed by atoms with Gasteiger partial charge in [0.15, 0.2) is 0 Å². The van der Waals surface area contributed by atoms with Gasteiger partial charge in [-0.2, -0.15) is 0 Å². The molecule has 2 heteroatoms. The van der Waals surface area contributed by atoms with E-state index < -0.39 is 0 Å². The molecule has 12 rings (SSSR count). The maximum Gasteiger partial charge on any atom is 0.0540 e. The molecule has 1 heterocycles. The highest BCUT2D eigenvalue weighted by atomic mass is 32.1. The van der Waals surface area contributed by atoms with Crippen LogP contribution in [0.3, 0.4) is 0 Å². The Bertz CT molecular complexity index is 3590. The van der Waals surface area contributed by atoms with Crippen molar-refractivity contribution in [3.8, 4) is 33.4 Å². The van der Waals surface area contributed by atoms with Crippen LogP contribution in [0.1, 0.15) is 0 Å². The molecule has 280 valence electrons. The Morgan fingerprint density at radius 3 is 1.60 bits per heavy atom. The van der Waals surface area contributed by atoms with Crippen LogP contribution in [0.2, 0.25) is 0 Å². The summed E-state index contributed by atoms with van der Waals surface area (Å²) in [7, 11) is 0. The minimum atomic E-state index is 1.11. The van der Waals surface area contributed by atoms with E-state index in [2.05, 4.69) is 229 Å². The third-order valence-electron chi connectivity index (χ3n) is 12.2. The summed E-state index contributed by atoms with van der Waals surface area (Å²) in [5, 5.41) is 12.6. The van der Waals surface area contributed by atoms with Gasteiger partial charge in [0.05, 0.1) is 5.69 Å². The van der Waals surface area contributed by atoms with E-state index in [9.17, 15) is 0 Å². The Kier molecular flexibility index (Phi) is 8.11. The van der Waals surface area contributed by atoms with E-state index in [-0.39, 0.29) is 0 Å². The van der Waals surface area contributed by atoms with Gasteiger partial charge in [0, 0.05) is 36.9 Å². The lowest BCUT2D eigenvalue weighted by Gasteiger charge is -2.27. The number of hydrogen-bond donors (Lipinski definition) is 0. The van der Waals surface area contributed by atoms with Crippen LogP contribution in [0.5, 0.6) is 0 Å². The van der Waals surface area contributed by atoms with Crippen LogP contribution in [-0.2, 0) is 0 Å². The van der Waals surface area contributed by atoms with Crippen molar-refractivity contribution < 1.29 is 0 Å². The average Bonchev–Trinajstić information content (AvgIpc) is 3.70. The zero-order chi connectivity index (χ0) is 39.6. The number of nitrogens with zero attached hydrogens (tertiary/aromatic N) is 1. The molecule has 0 saturated carbocycles. The van der Waals surface area contributed by atoms with E-state index in [4.69, 9.17) is 0 Å². The number of rotatable bonds is 6. The SMILES string of the molecule is c1ccc(-c2c(-c3ccccc3)c3cc(-c4ccc(N(c5ccc6sc7ccccc7c6c5)c5cccc6c5ccc5ccccc56)cc4)ccc3c3ccccc23)cc1. The summed E-state index contributed by atoms with van der Waals surface area (Å²) in [6.07, 6.45) is 0. The monoisotopic (exact) mass is 779 g/mol. The number of fused-ring (bicyclic) bond motifs is 9. The Hall–Kier alpha value is -7.52. The van der Waals surface area contributed by atoms with Crippen LogP contribution in [0.4, 0.5) is 17.1 Å². The Balaban J connectivity index is 1.05. The third-order valence-corrected chi connectivity index (χ3v) is 13.4. The first-order valence-corrected chi connectivity index (χ1v) is 21.4. The minimum Gasteiger partial charge on any atom is -0.310 e. The fraction of sp³-hybridized carbons (Fsp3) is 0. The zero-order valence-corrected chi connectivity index (χ0v) is 33.5. The summed E-state index contributed by atoms with van der Waals surface area (Å²) >= 11 is 1.86. The Labute approximate surface area is 352 Å². The summed E-state index contributed by atoms with van der Waals surface area (Å²) in [4.78, 5) is 2.44. The summed E-state index contributed by atoms with van der Waals surface area (Å²) < 4.78 is 2.61. The predicted molar refractivity (Wildman–Crippen MR) is 260 cm³/mol. The van der Waals surface area contributed by atoms with Gasteiger partial charge in [0.1, 0.15) is 0 Å². The van der Waals surface area contributed by atoms with E-state index >= 15 is 0 Å². The van der Waals surface area contributed by atoms with Crippen molar-refractivity contribution >= 4 is 91.7 Å². The van der Waals surface area contributed by atoms with Crippen molar-refractivity contribution in [3.05, 3.63) is 224 Å². The van der Waals surface area contributed by atoms with Crippen molar-refractivity contribution in [2.24, 2.45) is 0 Å². The minimum absolute atomic E-state index is 1.11. The van der Waals surface area contributed by atoms with Crippen molar-refractivity contribution in [1.82, 2.24) is 0 Å². The quantitative estimate of drug-likeness (QED) is 0.152. The highest BCUT2D eigenvalue weighted by Crippen LogP contribution is 2.47. The molecule has 0 amide bonds. The van der Waals surface area contributed by atoms with E-state index in [1.54, 1.807) is 0 Å². The number of benzene rings is 11. The molecule has 0 saturated heterocycles. The lowest BCUT2D eigenvalue weighted by molar-refractivity contribution is 1.31. The second kappa shape index (κ2) is 14.1. The van der Waals surface area contributed by atoms with Crippen LogP contribution in [0.25, 0.3) is 96.6 Å². The highest BCUT2D eigenvalue weighted by molar-refractivity contribution is 7.25. The van der Waals surface area contributed by atoms with Crippen molar-refractivity contribution in [2.75, 3.05) is 4.90 Å². The lowest BCUT2D eigenvalue weighted by atomic mass is 9.84. The molecule has 0 fully saturated rings. The first-order chi connectivity index (χ1) is 29.8. The number of hydrogen-bond acceptors (Lipinski definition) is 2. The van der Waals surface area contributed by atoms with Gasteiger partial charge in [-0.05, 0) is 120 Å². The molecule has 0 aliphatic rings. The fourth-order valence-corrected chi connectivity index (χ4v) is 10.6. The smallest absolute Gasteiger partial charge is 0.0540 e. The molecule has 0 atom stereocenters. The molecule has 1 aromatic heterocycles. The molecule has 60 heavy (non-hydrogen) atoms. The van der Waals surface area contributed by atoms with E-state index in [1.165, 1.54) is 96.6 Å². The van der Waals surface area contributed by atoms with Crippen molar-refractivity contribution in [3.63, 3.8) is 0 Å². The van der Waals surface area contributed by atoms with E-state index in [0.29, 0.717) is 0 Å². The molecule has 0 spiro atoms. The molecule has 0 aliphatic heterocycles. The molecule has 11 aromatic carbocycles. The second-order valence-corrected chi connectivity index (χ2v) is 16.7. The first kappa shape index (κ1) is 34.5. The van der Waals surface area contributed by atoms with Gasteiger partial charge in [-0.25, -0.2) is 0 Å². The standard InChI is InChI=1S/C58H37NS/c1-3-15-40(16-4-1)57-51-22-10-9-20-47(51)48-33-29-42(36-53(48)58(57)41-17-5-2-6-18-41)38-26-30-43(31-27-38)59(44-32-35-56-52(37-44)50-21-11-12-25-55(50)60-56)54-24-13-23-46-45-19-8-7-14-39(45)28-34-49(46)54/h1-37H. The largest absolute Gasteiger partial charge is 0.310 e. The van der Waals surface area contributed by atoms with Crippen LogP contribution in [0.15, 0.2) is 224 Å². The maximum absolute atomic E-state index is 2.44. The predicted octanol–water partition coefficient (Wildman–Crippen LogP) is 17.1. The molecule has 0 radical (unpaired) electrons. The molecule has 0 unspecified atom stereocenters. The summed E-state index contributed by atoms with van der Waals surface area (Å²) in [5.74, 6) is 0. The lowest BCUT2D eigenvalue weighted by Crippen LogP contribution is -2.10. The van der Waals surface area contributed by atoms with Crippen LogP contribution in [0, 0.1) is 0 Å². The van der Waals surface area contributed by atoms with Gasteiger partial charge < -0.3 is 4.90 Å². The number of anilines is 3. The van der Waals surface area contributed by atoms with Crippen LogP contribution < -0.4 is 4.90 Å². The van der Waals surface area contributed by atoms with E-state index in [1.807, 2.05) is 11.3 Å². The molecular weight excluding hydrogens is 743 g/mol. The molecule has 0 bridgehead atoms. The van der Waals surface area contributed by atoms with Gasteiger partial charge in [-0.1, -0.05) is 176 Å². The molecular formula is C58H37NS. The zero-order valence-electron chi connectivity index (χ0n) is 32.7. The van der Waals surface area contributed by atoms with Gasteiger partial charge in [0.2, 0.25) is 0 Å². The summed E-state index contributed by atoms with van der Waals surface area (Å²) in [6.45, 7) is 0. The summed E-state index contributed by atoms with van der Waals surface area (Å²) in [6, 6.07) is 82.6. The van der Waals surface area contributed by atoms with Gasteiger partial charge >= 0.3 is 0 Å². The van der Waals surface area contributed by atoms with Crippen LogP contribution in [-0.4, -0.2) is 0 Å². The van der Waals surface area contributed by atoms with Gasteiger partial charge in [-0.3, -0.25) is 0 Å². The normalized spacial score (nSPS) is 11.7. The molecule has 12 aromatic rings. The molecule has 0 aliphatic carbocycles. The highest BCUT2D eigenvalue weighted by Gasteiger charge is 2.20. The first-order valence-electron chi connectivity index (χ1n) is 20.6. The Morgan fingerprint density at radius 2 is 0.817 bits per heavy atom. The Morgan fingerprint density at radius 1 is 0.267 bits per heavy atom. The maximum atomic E-state index is 2.44. The van der Waals surface area contributed by atoms with Crippen molar-refractivity contribution in [1.29, 1.82) is 0 Å². The van der Waals surface area contributed by atoms with Crippen LogP contribution >= 0.6 is 11.3 Å². The summed E-state index contributed by atoms with van der Waals surface area (Å²) in [5.41, 5.74) is 10.7. The van der Waals surface area contributed by atoms with Gasteiger partial charge in [0.25, 0.3) is 0 Å². The third kappa shape index (κ3) is 5.61. The fourth-order valence-electron chi connectivity index (χ4n) is 9.48. The van der Waals surface area contributed by atoms with Gasteiger partial charge in [-0.15, -0.1) is 11.3 Å². The topological polar surface area (TPSA) is 3.24 Å².